The van der Waals surface area contributed by atoms with Crippen LogP contribution in [0.5, 0.6) is 0 Å². The lowest BCUT2D eigenvalue weighted by Gasteiger charge is -2.05. The van der Waals surface area contributed by atoms with E-state index >= 15 is 0 Å². The summed E-state index contributed by atoms with van der Waals surface area (Å²) in [5, 5.41) is 6.87. The molecule has 5 aromatic rings. The van der Waals surface area contributed by atoms with E-state index in [4.69, 9.17) is 11.6 Å². The predicted molar refractivity (Wildman–Crippen MR) is 102 cm³/mol. The van der Waals surface area contributed by atoms with E-state index in [0.29, 0.717) is 5.15 Å². The van der Waals surface area contributed by atoms with Gasteiger partial charge in [0.15, 0.2) is 0 Å². The topological polar surface area (TPSA) is 12.9 Å². The van der Waals surface area contributed by atoms with Gasteiger partial charge in [-0.05, 0) is 29.3 Å². The van der Waals surface area contributed by atoms with Crippen molar-refractivity contribution in [2.45, 2.75) is 6.92 Å². The van der Waals surface area contributed by atoms with Crippen LogP contribution in [0.25, 0.3) is 41.8 Å². The molecule has 3 heteroatoms. The molecular formula is C20H12ClNS. The molecule has 110 valence electrons. The van der Waals surface area contributed by atoms with Crippen LogP contribution in [0.1, 0.15) is 5.56 Å². The fourth-order valence-corrected chi connectivity index (χ4v) is 4.97. The van der Waals surface area contributed by atoms with Crippen LogP contribution in [-0.4, -0.2) is 4.98 Å². The average molecular weight is 334 g/mol. The van der Waals surface area contributed by atoms with Gasteiger partial charge in [-0.25, -0.2) is 4.98 Å². The van der Waals surface area contributed by atoms with Gasteiger partial charge in [0.05, 0.1) is 10.2 Å². The van der Waals surface area contributed by atoms with E-state index in [1.165, 1.54) is 37.2 Å². The number of hydrogen-bond acceptors (Lipinski definition) is 2. The minimum Gasteiger partial charge on any atom is -0.235 e. The Labute approximate surface area is 142 Å². The number of pyridine rings is 1. The van der Waals surface area contributed by atoms with Gasteiger partial charge >= 0.3 is 0 Å². The zero-order valence-electron chi connectivity index (χ0n) is 12.4. The molecule has 2 aromatic heterocycles. The van der Waals surface area contributed by atoms with E-state index in [1.807, 2.05) is 12.1 Å². The lowest BCUT2D eigenvalue weighted by atomic mass is 10.0. The van der Waals surface area contributed by atoms with Crippen LogP contribution in [0.4, 0.5) is 0 Å². The van der Waals surface area contributed by atoms with E-state index in [-0.39, 0.29) is 0 Å². The monoisotopic (exact) mass is 333 g/mol. The van der Waals surface area contributed by atoms with Crippen LogP contribution in [0.3, 0.4) is 0 Å². The first-order chi connectivity index (χ1) is 11.2. The SMILES string of the molecule is Cc1cccc2nc(Cl)c3sc4c5ccccc5ccc4c3c12. The van der Waals surface area contributed by atoms with Gasteiger partial charge in [-0.2, -0.15) is 0 Å². The number of fused-ring (bicyclic) bond motifs is 7. The lowest BCUT2D eigenvalue weighted by molar-refractivity contribution is 1.43. The molecule has 0 atom stereocenters. The summed E-state index contributed by atoms with van der Waals surface area (Å²) < 4.78 is 2.37. The van der Waals surface area contributed by atoms with E-state index in [0.717, 1.165) is 10.2 Å². The summed E-state index contributed by atoms with van der Waals surface area (Å²) >= 11 is 8.26. The number of aromatic nitrogens is 1. The quantitative estimate of drug-likeness (QED) is 0.287. The van der Waals surface area contributed by atoms with Crippen molar-refractivity contribution in [3.8, 4) is 0 Å². The van der Waals surface area contributed by atoms with Crippen molar-refractivity contribution < 1.29 is 0 Å². The molecule has 5 rings (SSSR count). The fourth-order valence-electron chi connectivity index (χ4n) is 3.45. The van der Waals surface area contributed by atoms with Gasteiger partial charge in [0.25, 0.3) is 0 Å². The summed E-state index contributed by atoms with van der Waals surface area (Å²) in [4.78, 5) is 4.62. The van der Waals surface area contributed by atoms with Crippen LogP contribution in [-0.2, 0) is 0 Å². The molecular weight excluding hydrogens is 322 g/mol. The number of nitrogens with zero attached hydrogens (tertiary/aromatic N) is 1. The normalized spacial score (nSPS) is 11.9. The standard InChI is InChI=1S/C20H12ClNS/c1-11-5-4-8-15-16(11)17-14-10-9-12-6-2-3-7-13(12)18(14)23-19(17)20(21)22-15/h2-10H,1H3. The molecule has 2 heterocycles. The highest BCUT2D eigenvalue weighted by atomic mass is 35.5. The summed E-state index contributed by atoms with van der Waals surface area (Å²) in [5.74, 6) is 0. The Balaban J connectivity index is 2.15. The number of rotatable bonds is 0. The maximum absolute atomic E-state index is 6.51. The van der Waals surface area contributed by atoms with Crippen molar-refractivity contribution in [3.05, 3.63) is 65.3 Å². The third kappa shape index (κ3) is 1.76. The summed E-state index contributed by atoms with van der Waals surface area (Å²) in [7, 11) is 0. The van der Waals surface area contributed by atoms with Gasteiger partial charge in [0.1, 0.15) is 5.15 Å². The van der Waals surface area contributed by atoms with Gasteiger partial charge in [0, 0.05) is 20.9 Å². The third-order valence-electron chi connectivity index (χ3n) is 4.49. The molecule has 0 radical (unpaired) electrons. The molecule has 0 amide bonds. The highest BCUT2D eigenvalue weighted by molar-refractivity contribution is 7.27. The Kier molecular flexibility index (Phi) is 2.70. The number of thiophene rings is 1. The second-order valence-electron chi connectivity index (χ2n) is 5.84. The summed E-state index contributed by atoms with van der Waals surface area (Å²) in [6.45, 7) is 2.14. The fraction of sp³-hybridized carbons (Fsp3) is 0.0500. The molecule has 0 saturated heterocycles. The first-order valence-electron chi connectivity index (χ1n) is 7.53. The molecule has 3 aromatic carbocycles. The van der Waals surface area contributed by atoms with Crippen LogP contribution in [0.2, 0.25) is 5.15 Å². The van der Waals surface area contributed by atoms with Crippen molar-refractivity contribution in [2.24, 2.45) is 0 Å². The first kappa shape index (κ1) is 13.3. The lowest BCUT2D eigenvalue weighted by Crippen LogP contribution is -1.84. The average Bonchev–Trinajstić information content (AvgIpc) is 2.96. The summed E-state index contributed by atoms with van der Waals surface area (Å²) in [5.41, 5.74) is 2.21. The van der Waals surface area contributed by atoms with Crippen molar-refractivity contribution in [2.75, 3.05) is 0 Å². The second-order valence-corrected chi connectivity index (χ2v) is 7.22. The van der Waals surface area contributed by atoms with Crippen molar-refractivity contribution in [1.29, 1.82) is 0 Å². The van der Waals surface area contributed by atoms with Crippen LogP contribution < -0.4 is 0 Å². The molecule has 0 aliphatic heterocycles. The number of hydrogen-bond donors (Lipinski definition) is 0. The number of aryl methyl sites for hydroxylation is 1. The molecule has 0 saturated carbocycles. The van der Waals surface area contributed by atoms with E-state index in [9.17, 15) is 0 Å². The van der Waals surface area contributed by atoms with Gasteiger partial charge < -0.3 is 0 Å². The van der Waals surface area contributed by atoms with Gasteiger partial charge in [-0.15, -0.1) is 11.3 Å². The van der Waals surface area contributed by atoms with Crippen molar-refractivity contribution in [1.82, 2.24) is 4.98 Å². The molecule has 0 N–H and O–H groups in total. The molecule has 0 aliphatic rings. The third-order valence-corrected chi connectivity index (χ3v) is 6.12. The maximum Gasteiger partial charge on any atom is 0.147 e. The largest absolute Gasteiger partial charge is 0.235 e. The van der Waals surface area contributed by atoms with Gasteiger partial charge in [0.2, 0.25) is 0 Å². The summed E-state index contributed by atoms with van der Waals surface area (Å²) in [6.07, 6.45) is 0. The highest BCUT2D eigenvalue weighted by Crippen LogP contribution is 2.44. The Morgan fingerprint density at radius 3 is 2.61 bits per heavy atom. The van der Waals surface area contributed by atoms with E-state index in [1.54, 1.807) is 11.3 Å². The molecule has 1 nitrogen and oxygen atoms in total. The molecule has 0 fully saturated rings. The zero-order valence-corrected chi connectivity index (χ0v) is 14.0. The zero-order chi connectivity index (χ0) is 15.6. The summed E-state index contributed by atoms with van der Waals surface area (Å²) in [6, 6.07) is 19.1. The predicted octanol–water partition coefficient (Wildman–Crippen LogP) is 6.72. The minimum absolute atomic E-state index is 0.600. The number of halogens is 1. The molecule has 0 aliphatic carbocycles. The first-order valence-corrected chi connectivity index (χ1v) is 8.72. The Bertz CT molecular complexity index is 1240. The Morgan fingerprint density at radius 1 is 0.826 bits per heavy atom. The van der Waals surface area contributed by atoms with E-state index < -0.39 is 0 Å². The van der Waals surface area contributed by atoms with Crippen LogP contribution >= 0.6 is 22.9 Å². The molecule has 0 spiro atoms. The van der Waals surface area contributed by atoms with Gasteiger partial charge in [-0.3, -0.25) is 0 Å². The molecule has 23 heavy (non-hydrogen) atoms. The Morgan fingerprint density at radius 2 is 1.70 bits per heavy atom. The van der Waals surface area contributed by atoms with E-state index in [2.05, 4.69) is 54.4 Å². The van der Waals surface area contributed by atoms with Crippen LogP contribution in [0, 0.1) is 6.92 Å². The molecule has 0 unspecified atom stereocenters. The minimum atomic E-state index is 0.600. The smallest absolute Gasteiger partial charge is 0.147 e. The number of benzene rings is 3. The second kappa shape index (κ2) is 4.67. The Hall–Kier alpha value is -2.16. The van der Waals surface area contributed by atoms with Crippen molar-refractivity contribution in [3.63, 3.8) is 0 Å². The maximum atomic E-state index is 6.51. The van der Waals surface area contributed by atoms with Crippen molar-refractivity contribution >= 4 is 64.8 Å². The molecule has 0 bridgehead atoms. The highest BCUT2D eigenvalue weighted by Gasteiger charge is 2.16. The van der Waals surface area contributed by atoms with Crippen LogP contribution in [0.15, 0.2) is 54.6 Å². The van der Waals surface area contributed by atoms with Gasteiger partial charge in [-0.1, -0.05) is 60.1 Å².